The van der Waals surface area contributed by atoms with Crippen LogP contribution in [0.1, 0.15) is 30.0 Å². The minimum atomic E-state index is -3.08. The first-order valence-electron chi connectivity index (χ1n) is 6.32. The van der Waals surface area contributed by atoms with Gasteiger partial charge in [0.1, 0.15) is 0 Å². The van der Waals surface area contributed by atoms with Crippen LogP contribution in [0.3, 0.4) is 0 Å². The molecule has 100 valence electrons. The van der Waals surface area contributed by atoms with Crippen molar-refractivity contribution in [2.24, 2.45) is 0 Å². The number of nitrogens with one attached hydrogen (secondary N) is 2. The lowest BCUT2D eigenvalue weighted by Gasteiger charge is -2.26. The summed E-state index contributed by atoms with van der Waals surface area (Å²) in [4.78, 5) is 0. The molecule has 4 nitrogen and oxygen atoms in total. The second-order valence-corrected chi connectivity index (χ2v) is 6.60. The van der Waals surface area contributed by atoms with Crippen molar-refractivity contribution >= 4 is 10.0 Å². The van der Waals surface area contributed by atoms with Crippen LogP contribution < -0.4 is 10.0 Å². The third kappa shape index (κ3) is 3.80. The van der Waals surface area contributed by atoms with Crippen molar-refractivity contribution in [3.8, 4) is 0 Å². The van der Waals surface area contributed by atoms with Crippen molar-refractivity contribution in [1.29, 1.82) is 0 Å². The van der Waals surface area contributed by atoms with Gasteiger partial charge >= 0.3 is 0 Å². The molecule has 0 saturated carbocycles. The van der Waals surface area contributed by atoms with Crippen LogP contribution in [0.4, 0.5) is 0 Å². The Hall–Kier alpha value is -0.910. The lowest BCUT2D eigenvalue weighted by atomic mass is 9.88. The van der Waals surface area contributed by atoms with E-state index in [1.165, 1.54) is 23.8 Å². The Kier molecular flexibility index (Phi) is 4.37. The molecule has 0 heterocycles. The summed E-state index contributed by atoms with van der Waals surface area (Å²) in [6.07, 6.45) is 4.64. The molecule has 1 aliphatic carbocycles. The largest absolute Gasteiger partial charge is 0.309 e. The minimum Gasteiger partial charge on any atom is -0.309 e. The van der Waals surface area contributed by atoms with E-state index in [0.717, 1.165) is 12.8 Å². The van der Waals surface area contributed by atoms with Gasteiger partial charge in [-0.2, -0.15) is 0 Å². The summed E-state index contributed by atoms with van der Waals surface area (Å²) < 4.78 is 24.4. The Balaban J connectivity index is 1.88. The van der Waals surface area contributed by atoms with E-state index in [0.29, 0.717) is 19.1 Å². The van der Waals surface area contributed by atoms with Crippen LogP contribution in [0.15, 0.2) is 24.3 Å². The maximum Gasteiger partial charge on any atom is 0.208 e. The standard InChI is InChI=1S/C13H20N2O2S/c1-18(16,17)15-10-9-14-13-8-4-6-11-5-2-3-7-12(11)13/h2-3,5,7,13-15H,4,6,8-10H2,1H3. The van der Waals surface area contributed by atoms with Gasteiger partial charge in [-0.05, 0) is 30.4 Å². The van der Waals surface area contributed by atoms with Crippen molar-refractivity contribution in [2.45, 2.75) is 25.3 Å². The first-order chi connectivity index (χ1) is 8.56. The highest BCUT2D eigenvalue weighted by Gasteiger charge is 2.18. The topological polar surface area (TPSA) is 58.2 Å². The number of benzene rings is 1. The SMILES string of the molecule is CS(=O)(=O)NCCNC1CCCc2ccccc21. The van der Waals surface area contributed by atoms with Crippen molar-refractivity contribution in [3.05, 3.63) is 35.4 Å². The molecule has 0 radical (unpaired) electrons. The molecule has 2 rings (SSSR count). The first-order valence-corrected chi connectivity index (χ1v) is 8.21. The molecule has 1 atom stereocenters. The van der Waals surface area contributed by atoms with E-state index < -0.39 is 10.0 Å². The van der Waals surface area contributed by atoms with E-state index in [1.54, 1.807) is 0 Å². The molecular formula is C13H20N2O2S. The van der Waals surface area contributed by atoms with Gasteiger partial charge < -0.3 is 5.32 Å². The Morgan fingerprint density at radius 2 is 2.06 bits per heavy atom. The summed E-state index contributed by atoms with van der Waals surface area (Å²) in [5.41, 5.74) is 2.78. The van der Waals surface area contributed by atoms with Gasteiger partial charge in [-0.25, -0.2) is 13.1 Å². The summed E-state index contributed by atoms with van der Waals surface area (Å²) in [6.45, 7) is 1.10. The Labute approximate surface area is 109 Å². The number of aryl methyl sites for hydroxylation is 1. The fourth-order valence-corrected chi connectivity index (χ4v) is 2.92. The van der Waals surface area contributed by atoms with E-state index in [2.05, 4.69) is 34.3 Å². The predicted octanol–water partition coefficient (Wildman–Crippen LogP) is 1.20. The summed E-state index contributed by atoms with van der Waals surface area (Å²) in [5.74, 6) is 0. The van der Waals surface area contributed by atoms with E-state index in [-0.39, 0.29) is 0 Å². The number of fused-ring (bicyclic) bond motifs is 1. The highest BCUT2D eigenvalue weighted by atomic mass is 32.2. The fraction of sp³-hybridized carbons (Fsp3) is 0.538. The van der Waals surface area contributed by atoms with Gasteiger partial charge in [-0.1, -0.05) is 24.3 Å². The fourth-order valence-electron chi connectivity index (χ4n) is 2.45. The molecule has 0 spiro atoms. The smallest absolute Gasteiger partial charge is 0.208 e. The van der Waals surface area contributed by atoms with Crippen LogP contribution in [0, 0.1) is 0 Å². The van der Waals surface area contributed by atoms with Gasteiger partial charge in [0.2, 0.25) is 10.0 Å². The van der Waals surface area contributed by atoms with Crippen LogP contribution >= 0.6 is 0 Å². The monoisotopic (exact) mass is 268 g/mol. The van der Waals surface area contributed by atoms with E-state index >= 15 is 0 Å². The van der Waals surface area contributed by atoms with Gasteiger partial charge in [0, 0.05) is 19.1 Å². The number of sulfonamides is 1. The van der Waals surface area contributed by atoms with Crippen LogP contribution in [-0.2, 0) is 16.4 Å². The molecule has 1 unspecified atom stereocenters. The molecular weight excluding hydrogens is 248 g/mol. The molecule has 1 aromatic rings. The molecule has 0 fully saturated rings. The van der Waals surface area contributed by atoms with Gasteiger partial charge in [0.05, 0.1) is 6.26 Å². The van der Waals surface area contributed by atoms with Gasteiger partial charge in [-0.3, -0.25) is 0 Å². The van der Waals surface area contributed by atoms with Gasteiger partial charge in [0.15, 0.2) is 0 Å². The Morgan fingerprint density at radius 1 is 1.28 bits per heavy atom. The molecule has 0 amide bonds. The van der Waals surface area contributed by atoms with Crippen molar-refractivity contribution in [1.82, 2.24) is 10.0 Å². The molecule has 0 aromatic heterocycles. The van der Waals surface area contributed by atoms with Crippen molar-refractivity contribution < 1.29 is 8.42 Å². The van der Waals surface area contributed by atoms with E-state index in [9.17, 15) is 8.42 Å². The van der Waals surface area contributed by atoms with Crippen molar-refractivity contribution in [3.63, 3.8) is 0 Å². The lowest BCUT2D eigenvalue weighted by Crippen LogP contribution is -2.34. The maximum atomic E-state index is 10.9. The minimum absolute atomic E-state index is 0.358. The second-order valence-electron chi connectivity index (χ2n) is 4.76. The normalized spacial score (nSPS) is 19.5. The molecule has 1 aromatic carbocycles. The van der Waals surface area contributed by atoms with Gasteiger partial charge in [0.25, 0.3) is 0 Å². The maximum absolute atomic E-state index is 10.9. The van der Waals surface area contributed by atoms with E-state index in [4.69, 9.17) is 0 Å². The average Bonchev–Trinajstić information content (AvgIpc) is 2.33. The lowest BCUT2D eigenvalue weighted by molar-refractivity contribution is 0.461. The van der Waals surface area contributed by atoms with E-state index in [1.807, 2.05) is 0 Å². The molecule has 5 heteroatoms. The zero-order valence-corrected chi connectivity index (χ0v) is 11.5. The summed E-state index contributed by atoms with van der Waals surface area (Å²) >= 11 is 0. The number of hydrogen-bond acceptors (Lipinski definition) is 3. The zero-order chi connectivity index (χ0) is 13.0. The third-order valence-corrected chi connectivity index (χ3v) is 3.98. The third-order valence-electron chi connectivity index (χ3n) is 3.25. The highest BCUT2D eigenvalue weighted by molar-refractivity contribution is 7.88. The average molecular weight is 268 g/mol. The number of hydrogen-bond donors (Lipinski definition) is 2. The Morgan fingerprint density at radius 3 is 2.83 bits per heavy atom. The summed E-state index contributed by atoms with van der Waals surface area (Å²) in [7, 11) is -3.08. The molecule has 2 N–H and O–H groups in total. The quantitative estimate of drug-likeness (QED) is 0.789. The van der Waals surface area contributed by atoms with Crippen LogP contribution in [0.25, 0.3) is 0 Å². The molecule has 18 heavy (non-hydrogen) atoms. The van der Waals surface area contributed by atoms with Gasteiger partial charge in [-0.15, -0.1) is 0 Å². The highest BCUT2D eigenvalue weighted by Crippen LogP contribution is 2.28. The molecule has 0 aliphatic heterocycles. The first kappa shape index (κ1) is 13.5. The summed E-state index contributed by atoms with van der Waals surface area (Å²) in [6, 6.07) is 8.84. The molecule has 0 saturated heterocycles. The second kappa shape index (κ2) is 5.82. The van der Waals surface area contributed by atoms with Crippen LogP contribution in [0.2, 0.25) is 0 Å². The number of rotatable bonds is 5. The molecule has 1 aliphatic rings. The van der Waals surface area contributed by atoms with Crippen LogP contribution in [-0.4, -0.2) is 27.8 Å². The Bertz CT molecular complexity index is 499. The summed E-state index contributed by atoms with van der Waals surface area (Å²) in [5, 5.41) is 3.42. The molecule has 0 bridgehead atoms. The zero-order valence-electron chi connectivity index (χ0n) is 10.6. The van der Waals surface area contributed by atoms with Crippen molar-refractivity contribution in [2.75, 3.05) is 19.3 Å². The van der Waals surface area contributed by atoms with Crippen LogP contribution in [0.5, 0.6) is 0 Å². The predicted molar refractivity (Wildman–Crippen MR) is 73.0 cm³/mol.